The summed E-state index contributed by atoms with van der Waals surface area (Å²) in [6, 6.07) is 1.97. The maximum absolute atomic E-state index is 10.9. The molecule has 1 heterocycles. The van der Waals surface area contributed by atoms with E-state index in [1.807, 2.05) is 13.0 Å². The van der Waals surface area contributed by atoms with Crippen LogP contribution in [0.25, 0.3) is 0 Å². The SMILES string of the molecule is Cc1cc2c([nH]1)CCCC2C(=O)O. The molecule has 2 N–H and O–H groups in total. The summed E-state index contributed by atoms with van der Waals surface area (Å²) < 4.78 is 0. The van der Waals surface area contributed by atoms with Crippen LogP contribution in [0.15, 0.2) is 6.07 Å². The van der Waals surface area contributed by atoms with E-state index in [1.54, 1.807) is 0 Å². The van der Waals surface area contributed by atoms with Gasteiger partial charge in [-0.3, -0.25) is 4.79 Å². The van der Waals surface area contributed by atoms with Gasteiger partial charge in [-0.15, -0.1) is 0 Å². The highest BCUT2D eigenvalue weighted by Gasteiger charge is 2.27. The number of carbonyl (C=O) groups is 1. The second kappa shape index (κ2) is 2.91. The lowest BCUT2D eigenvalue weighted by Gasteiger charge is -2.18. The summed E-state index contributed by atoms with van der Waals surface area (Å²) in [5, 5.41) is 8.98. The average molecular weight is 179 g/mol. The zero-order valence-corrected chi connectivity index (χ0v) is 7.63. The molecule has 1 aliphatic rings. The number of hydrogen-bond donors (Lipinski definition) is 2. The van der Waals surface area contributed by atoms with Crippen LogP contribution in [0.3, 0.4) is 0 Å². The van der Waals surface area contributed by atoms with Gasteiger partial charge in [0.25, 0.3) is 0 Å². The summed E-state index contributed by atoms with van der Waals surface area (Å²) in [7, 11) is 0. The van der Waals surface area contributed by atoms with Gasteiger partial charge in [-0.25, -0.2) is 0 Å². The molecule has 0 bridgehead atoms. The van der Waals surface area contributed by atoms with E-state index in [2.05, 4.69) is 4.98 Å². The van der Waals surface area contributed by atoms with Crippen LogP contribution >= 0.6 is 0 Å². The molecule has 3 heteroatoms. The zero-order chi connectivity index (χ0) is 9.42. The Bertz CT molecular complexity index is 341. The topological polar surface area (TPSA) is 53.1 Å². The third-order valence-corrected chi connectivity index (χ3v) is 2.66. The molecule has 0 saturated heterocycles. The van der Waals surface area contributed by atoms with Crippen molar-refractivity contribution in [1.82, 2.24) is 4.98 Å². The number of carboxylic acid groups (broad SMARTS) is 1. The van der Waals surface area contributed by atoms with Gasteiger partial charge < -0.3 is 10.1 Å². The van der Waals surface area contributed by atoms with Gasteiger partial charge in [0.15, 0.2) is 0 Å². The highest BCUT2D eigenvalue weighted by Crippen LogP contribution is 2.31. The number of fused-ring (bicyclic) bond motifs is 1. The molecule has 0 radical (unpaired) electrons. The van der Waals surface area contributed by atoms with E-state index in [0.717, 1.165) is 36.2 Å². The Balaban J connectivity index is 2.41. The molecule has 1 unspecified atom stereocenters. The predicted octanol–water partition coefficient (Wildman–Crippen LogP) is 1.83. The largest absolute Gasteiger partial charge is 0.481 e. The number of aryl methyl sites for hydroxylation is 2. The molecule has 0 spiro atoms. The van der Waals surface area contributed by atoms with Crippen LogP contribution in [0, 0.1) is 6.92 Å². The van der Waals surface area contributed by atoms with E-state index >= 15 is 0 Å². The molecule has 1 aliphatic carbocycles. The van der Waals surface area contributed by atoms with E-state index in [0.29, 0.717) is 0 Å². The van der Waals surface area contributed by atoms with Crippen LogP contribution in [0.5, 0.6) is 0 Å². The molecule has 0 fully saturated rings. The molecule has 0 amide bonds. The van der Waals surface area contributed by atoms with Crippen LogP contribution < -0.4 is 0 Å². The average Bonchev–Trinajstić information content (AvgIpc) is 2.43. The molecule has 1 aromatic heterocycles. The molecule has 13 heavy (non-hydrogen) atoms. The third kappa shape index (κ3) is 1.34. The molecule has 0 aromatic carbocycles. The van der Waals surface area contributed by atoms with Crippen LogP contribution in [-0.4, -0.2) is 16.1 Å². The summed E-state index contributed by atoms with van der Waals surface area (Å²) in [6.07, 6.45) is 2.75. The molecular formula is C10H13NO2. The molecule has 3 nitrogen and oxygen atoms in total. The van der Waals surface area contributed by atoms with E-state index in [9.17, 15) is 4.79 Å². The maximum atomic E-state index is 10.9. The predicted molar refractivity (Wildman–Crippen MR) is 48.8 cm³/mol. The van der Waals surface area contributed by atoms with Crippen LogP contribution in [0.4, 0.5) is 0 Å². The van der Waals surface area contributed by atoms with Gasteiger partial charge in [0.2, 0.25) is 0 Å². The first-order valence-corrected chi connectivity index (χ1v) is 4.59. The van der Waals surface area contributed by atoms with Crippen LogP contribution in [0.1, 0.15) is 35.7 Å². The Morgan fingerprint density at radius 2 is 2.46 bits per heavy atom. The van der Waals surface area contributed by atoms with Crippen LogP contribution in [0.2, 0.25) is 0 Å². The lowest BCUT2D eigenvalue weighted by atomic mass is 9.87. The fourth-order valence-corrected chi connectivity index (χ4v) is 2.08. The summed E-state index contributed by atoms with van der Waals surface area (Å²) in [5.41, 5.74) is 3.19. The number of aliphatic carboxylic acids is 1. The van der Waals surface area contributed by atoms with Gasteiger partial charge in [-0.1, -0.05) is 0 Å². The summed E-state index contributed by atoms with van der Waals surface area (Å²) >= 11 is 0. The standard InChI is InChI=1S/C10H13NO2/c1-6-5-8-7(10(12)13)3-2-4-9(8)11-6/h5,7,11H,2-4H2,1H3,(H,12,13). The van der Waals surface area contributed by atoms with Crippen molar-refractivity contribution in [2.75, 3.05) is 0 Å². The van der Waals surface area contributed by atoms with Gasteiger partial charge >= 0.3 is 5.97 Å². The summed E-state index contributed by atoms with van der Waals surface area (Å²) in [6.45, 7) is 1.97. The number of rotatable bonds is 1. The number of nitrogens with one attached hydrogen (secondary N) is 1. The highest BCUT2D eigenvalue weighted by atomic mass is 16.4. The van der Waals surface area contributed by atoms with Crippen LogP contribution in [-0.2, 0) is 11.2 Å². The molecule has 70 valence electrons. The third-order valence-electron chi connectivity index (χ3n) is 2.66. The summed E-state index contributed by atoms with van der Waals surface area (Å²) in [5.74, 6) is -0.978. The monoisotopic (exact) mass is 179 g/mol. The van der Waals surface area contributed by atoms with E-state index in [-0.39, 0.29) is 5.92 Å². The minimum absolute atomic E-state index is 0.284. The lowest BCUT2D eigenvalue weighted by molar-refractivity contribution is -0.139. The van der Waals surface area contributed by atoms with Crippen molar-refractivity contribution < 1.29 is 9.90 Å². The second-order valence-electron chi connectivity index (χ2n) is 3.67. The first-order chi connectivity index (χ1) is 6.18. The van der Waals surface area contributed by atoms with E-state index < -0.39 is 5.97 Å². The minimum Gasteiger partial charge on any atom is -0.481 e. The number of aromatic nitrogens is 1. The van der Waals surface area contributed by atoms with Gasteiger partial charge in [0.05, 0.1) is 5.92 Å². The fourth-order valence-electron chi connectivity index (χ4n) is 2.08. The maximum Gasteiger partial charge on any atom is 0.311 e. The Labute approximate surface area is 76.8 Å². The summed E-state index contributed by atoms with van der Waals surface area (Å²) in [4.78, 5) is 14.1. The van der Waals surface area contributed by atoms with Crippen molar-refractivity contribution in [3.05, 3.63) is 23.0 Å². The quantitative estimate of drug-likeness (QED) is 0.691. The van der Waals surface area contributed by atoms with Crippen molar-refractivity contribution in [2.24, 2.45) is 0 Å². The first-order valence-electron chi connectivity index (χ1n) is 4.59. The zero-order valence-electron chi connectivity index (χ0n) is 7.63. The van der Waals surface area contributed by atoms with Gasteiger partial charge in [-0.2, -0.15) is 0 Å². The lowest BCUT2D eigenvalue weighted by Crippen LogP contribution is -2.16. The minimum atomic E-state index is -0.694. The number of aromatic amines is 1. The molecule has 2 rings (SSSR count). The Morgan fingerprint density at radius 3 is 3.15 bits per heavy atom. The van der Waals surface area contributed by atoms with Gasteiger partial charge in [-0.05, 0) is 37.8 Å². The number of carboxylic acids is 1. The first kappa shape index (κ1) is 8.35. The Morgan fingerprint density at radius 1 is 1.69 bits per heavy atom. The highest BCUT2D eigenvalue weighted by molar-refractivity contribution is 5.77. The van der Waals surface area contributed by atoms with E-state index in [1.165, 1.54) is 0 Å². The molecular weight excluding hydrogens is 166 g/mol. The smallest absolute Gasteiger partial charge is 0.311 e. The van der Waals surface area contributed by atoms with Crippen molar-refractivity contribution in [1.29, 1.82) is 0 Å². The van der Waals surface area contributed by atoms with Crippen molar-refractivity contribution in [3.8, 4) is 0 Å². The number of hydrogen-bond acceptors (Lipinski definition) is 1. The Kier molecular flexibility index (Phi) is 1.87. The molecule has 0 aliphatic heterocycles. The fraction of sp³-hybridized carbons (Fsp3) is 0.500. The number of H-pyrrole nitrogens is 1. The van der Waals surface area contributed by atoms with Crippen molar-refractivity contribution in [3.63, 3.8) is 0 Å². The van der Waals surface area contributed by atoms with Gasteiger partial charge in [0, 0.05) is 11.4 Å². The normalized spacial score (nSPS) is 21.2. The molecule has 0 saturated carbocycles. The van der Waals surface area contributed by atoms with E-state index in [4.69, 9.17) is 5.11 Å². The second-order valence-corrected chi connectivity index (χ2v) is 3.67. The molecule has 1 aromatic rings. The Hall–Kier alpha value is -1.25. The van der Waals surface area contributed by atoms with Crippen molar-refractivity contribution in [2.45, 2.75) is 32.1 Å². The van der Waals surface area contributed by atoms with Crippen molar-refractivity contribution >= 4 is 5.97 Å². The molecule has 1 atom stereocenters. The van der Waals surface area contributed by atoms with Gasteiger partial charge in [0.1, 0.15) is 0 Å².